The van der Waals surface area contributed by atoms with E-state index in [4.69, 9.17) is 5.73 Å². The molecule has 0 spiro atoms. The summed E-state index contributed by atoms with van der Waals surface area (Å²) in [6.07, 6.45) is 0.585. The highest BCUT2D eigenvalue weighted by atomic mass is 32.2. The Morgan fingerprint density at radius 1 is 1.43 bits per heavy atom. The first-order valence-electron chi connectivity index (χ1n) is 6.69. The van der Waals surface area contributed by atoms with Crippen LogP contribution >= 0.6 is 11.8 Å². The fourth-order valence-electron chi connectivity index (χ4n) is 1.94. The molecule has 1 aromatic rings. The second-order valence-corrected chi connectivity index (χ2v) is 6.51. The van der Waals surface area contributed by atoms with Crippen LogP contribution in [0.4, 0.5) is 5.69 Å². The molecule has 21 heavy (non-hydrogen) atoms. The fraction of sp³-hybridized carbons (Fsp3) is 0.500. The van der Waals surface area contributed by atoms with Crippen molar-refractivity contribution in [3.8, 4) is 0 Å². The van der Waals surface area contributed by atoms with E-state index in [9.17, 15) is 14.9 Å². The Morgan fingerprint density at radius 3 is 2.43 bits per heavy atom. The van der Waals surface area contributed by atoms with Gasteiger partial charge in [0, 0.05) is 28.8 Å². The van der Waals surface area contributed by atoms with E-state index in [1.807, 2.05) is 13.8 Å². The first-order chi connectivity index (χ1) is 9.74. The summed E-state index contributed by atoms with van der Waals surface area (Å²) in [4.78, 5) is 22.7. The van der Waals surface area contributed by atoms with Crippen molar-refractivity contribution in [3.05, 3.63) is 34.4 Å². The van der Waals surface area contributed by atoms with Crippen LogP contribution in [-0.2, 0) is 4.79 Å². The number of primary amides is 1. The third-order valence-electron chi connectivity index (χ3n) is 3.07. The molecule has 0 heterocycles. The van der Waals surface area contributed by atoms with Gasteiger partial charge >= 0.3 is 0 Å². The van der Waals surface area contributed by atoms with E-state index in [1.54, 1.807) is 30.8 Å². The van der Waals surface area contributed by atoms with Crippen LogP contribution in [0.2, 0.25) is 0 Å². The summed E-state index contributed by atoms with van der Waals surface area (Å²) in [5.41, 5.74) is 4.79. The van der Waals surface area contributed by atoms with Gasteiger partial charge in [-0.05, 0) is 39.3 Å². The van der Waals surface area contributed by atoms with Gasteiger partial charge in [-0.2, -0.15) is 0 Å². The van der Waals surface area contributed by atoms with Crippen LogP contribution in [-0.4, -0.2) is 28.2 Å². The number of hydrogen-bond donors (Lipinski definition) is 2. The van der Waals surface area contributed by atoms with E-state index in [-0.39, 0.29) is 17.6 Å². The minimum absolute atomic E-state index is 0.0720. The summed E-state index contributed by atoms with van der Waals surface area (Å²) in [6.45, 7) is 5.72. The van der Waals surface area contributed by atoms with Crippen LogP contribution < -0.4 is 11.1 Å². The van der Waals surface area contributed by atoms with E-state index in [0.717, 1.165) is 4.90 Å². The number of nitrogens with one attached hydrogen (secondary N) is 1. The molecular formula is C14H21N3O3S. The predicted octanol–water partition coefficient (Wildman–Crippen LogP) is 2.32. The molecule has 0 aliphatic heterocycles. The highest BCUT2D eigenvalue weighted by Gasteiger charge is 2.30. The Hall–Kier alpha value is -1.60. The van der Waals surface area contributed by atoms with Gasteiger partial charge in [-0.1, -0.05) is 0 Å². The molecular weight excluding hydrogens is 290 g/mol. The molecule has 1 unspecified atom stereocenters. The van der Waals surface area contributed by atoms with Crippen LogP contribution in [0.3, 0.4) is 0 Å². The van der Waals surface area contributed by atoms with Gasteiger partial charge in [0.2, 0.25) is 5.91 Å². The van der Waals surface area contributed by atoms with Crippen molar-refractivity contribution in [2.45, 2.75) is 43.7 Å². The zero-order chi connectivity index (χ0) is 16.0. The van der Waals surface area contributed by atoms with E-state index in [0.29, 0.717) is 12.2 Å². The lowest BCUT2D eigenvalue weighted by molar-refractivity contribution is -0.384. The molecule has 7 heteroatoms. The van der Waals surface area contributed by atoms with Crippen molar-refractivity contribution in [2.24, 2.45) is 5.73 Å². The molecule has 0 fully saturated rings. The Morgan fingerprint density at radius 2 is 2.00 bits per heavy atom. The average molecular weight is 311 g/mol. The molecule has 0 aliphatic carbocycles. The maximum absolute atomic E-state index is 11.6. The first kappa shape index (κ1) is 17.5. The number of nitro groups is 1. The second kappa shape index (κ2) is 7.42. The molecule has 6 nitrogen and oxygen atoms in total. The van der Waals surface area contributed by atoms with Crippen molar-refractivity contribution in [1.82, 2.24) is 5.32 Å². The predicted molar refractivity (Wildman–Crippen MR) is 84.3 cm³/mol. The van der Waals surface area contributed by atoms with Crippen LogP contribution in [0.1, 0.15) is 27.2 Å². The monoisotopic (exact) mass is 311 g/mol. The molecule has 0 saturated carbocycles. The molecule has 116 valence electrons. The van der Waals surface area contributed by atoms with Gasteiger partial charge in [-0.3, -0.25) is 14.9 Å². The minimum Gasteiger partial charge on any atom is -0.368 e. The number of nitro benzene ring substituents is 1. The van der Waals surface area contributed by atoms with Crippen molar-refractivity contribution < 1.29 is 9.72 Å². The van der Waals surface area contributed by atoms with Gasteiger partial charge in [0.25, 0.3) is 5.69 Å². The van der Waals surface area contributed by atoms with Gasteiger partial charge in [-0.15, -0.1) is 11.8 Å². The molecule has 0 aromatic heterocycles. The topological polar surface area (TPSA) is 98.3 Å². The van der Waals surface area contributed by atoms with E-state index in [2.05, 4.69) is 5.32 Å². The number of amides is 1. The van der Waals surface area contributed by atoms with Gasteiger partial charge in [0.05, 0.1) is 10.5 Å². The number of thioether (sulfide) groups is 1. The van der Waals surface area contributed by atoms with Crippen molar-refractivity contribution in [3.63, 3.8) is 0 Å². The quantitative estimate of drug-likeness (QED) is 0.436. The zero-order valence-corrected chi connectivity index (χ0v) is 13.3. The molecule has 0 aliphatic rings. The summed E-state index contributed by atoms with van der Waals surface area (Å²) in [6, 6.07) is 6.52. The Balaban J connectivity index is 2.58. The largest absolute Gasteiger partial charge is 0.368 e. The van der Waals surface area contributed by atoms with E-state index < -0.39 is 10.5 Å². The highest BCUT2D eigenvalue weighted by Crippen LogP contribution is 2.24. The van der Waals surface area contributed by atoms with Gasteiger partial charge < -0.3 is 11.1 Å². The molecule has 1 atom stereocenters. The Bertz CT molecular complexity index is 505. The van der Waals surface area contributed by atoms with E-state index in [1.165, 1.54) is 12.1 Å². The third-order valence-corrected chi connectivity index (χ3v) is 4.08. The second-order valence-electron chi connectivity index (χ2n) is 5.34. The Labute approximate surface area is 128 Å². The molecule has 1 amide bonds. The molecule has 3 N–H and O–H groups in total. The lowest BCUT2D eigenvalue weighted by Gasteiger charge is -2.29. The molecule has 1 aromatic carbocycles. The van der Waals surface area contributed by atoms with Crippen molar-refractivity contribution in [1.29, 1.82) is 0 Å². The minimum atomic E-state index is -0.748. The number of hydrogen-bond acceptors (Lipinski definition) is 5. The molecule has 0 saturated heterocycles. The standard InChI is InChI=1S/C14H21N3O3S/c1-10(2)16-14(3,13(15)18)8-9-21-12-6-4-11(5-7-12)17(19)20/h4-7,10,16H,8-9H2,1-3H3,(H2,15,18). The summed E-state index contributed by atoms with van der Waals surface area (Å²) in [5.74, 6) is 0.317. The van der Waals surface area contributed by atoms with Crippen LogP contribution in [0, 0.1) is 10.1 Å². The maximum Gasteiger partial charge on any atom is 0.269 e. The fourth-order valence-corrected chi connectivity index (χ4v) is 3.02. The number of rotatable bonds is 8. The third kappa shape index (κ3) is 5.35. The summed E-state index contributed by atoms with van der Waals surface area (Å²) in [7, 11) is 0. The number of carbonyl (C=O) groups is 1. The smallest absolute Gasteiger partial charge is 0.269 e. The van der Waals surface area contributed by atoms with Gasteiger partial charge in [-0.25, -0.2) is 0 Å². The van der Waals surface area contributed by atoms with Crippen molar-refractivity contribution >= 4 is 23.4 Å². The SMILES string of the molecule is CC(C)NC(C)(CCSc1ccc([N+](=O)[O-])cc1)C(N)=O. The molecule has 1 rings (SSSR count). The Kier molecular flexibility index (Phi) is 6.17. The van der Waals surface area contributed by atoms with Crippen LogP contribution in [0.25, 0.3) is 0 Å². The van der Waals surface area contributed by atoms with Crippen molar-refractivity contribution in [2.75, 3.05) is 5.75 Å². The molecule has 0 radical (unpaired) electrons. The first-order valence-corrected chi connectivity index (χ1v) is 7.68. The lowest BCUT2D eigenvalue weighted by Crippen LogP contribution is -2.55. The average Bonchev–Trinajstić information content (AvgIpc) is 2.38. The van der Waals surface area contributed by atoms with Crippen LogP contribution in [0.5, 0.6) is 0 Å². The number of benzene rings is 1. The summed E-state index contributed by atoms with van der Waals surface area (Å²) < 4.78 is 0. The number of non-ortho nitro benzene ring substituents is 1. The normalized spacial score (nSPS) is 13.9. The van der Waals surface area contributed by atoms with E-state index >= 15 is 0 Å². The number of nitrogens with zero attached hydrogens (tertiary/aromatic N) is 1. The van der Waals surface area contributed by atoms with Gasteiger partial charge in [0.15, 0.2) is 0 Å². The molecule has 0 bridgehead atoms. The van der Waals surface area contributed by atoms with Gasteiger partial charge in [0.1, 0.15) is 0 Å². The highest BCUT2D eigenvalue weighted by molar-refractivity contribution is 7.99. The summed E-state index contributed by atoms with van der Waals surface area (Å²) in [5, 5.41) is 13.8. The maximum atomic E-state index is 11.6. The zero-order valence-electron chi connectivity index (χ0n) is 12.5. The van der Waals surface area contributed by atoms with Crippen LogP contribution in [0.15, 0.2) is 29.2 Å². The summed E-state index contributed by atoms with van der Waals surface area (Å²) >= 11 is 1.54. The number of nitrogens with two attached hydrogens (primary N) is 1. The number of carbonyl (C=O) groups excluding carboxylic acids is 1. The lowest BCUT2D eigenvalue weighted by atomic mass is 9.97.